The molecule has 1 saturated heterocycles. The van der Waals surface area contributed by atoms with Crippen LogP contribution in [0.4, 0.5) is 13.2 Å². The van der Waals surface area contributed by atoms with Crippen LogP contribution in [-0.4, -0.2) is 33.1 Å². The van der Waals surface area contributed by atoms with Crippen LogP contribution in [0.1, 0.15) is 12.8 Å². The van der Waals surface area contributed by atoms with Crippen LogP contribution in [0.2, 0.25) is 0 Å². The number of sulfonamides is 1. The van der Waals surface area contributed by atoms with Crippen molar-refractivity contribution in [3.63, 3.8) is 0 Å². The number of hydrogen-bond donors (Lipinski definition) is 2. The molecule has 0 amide bonds. The summed E-state index contributed by atoms with van der Waals surface area (Å²) in [5.74, 6) is 0. The van der Waals surface area contributed by atoms with Gasteiger partial charge in [0.05, 0.1) is 4.90 Å². The topological polar surface area (TPSA) is 58.2 Å². The third-order valence-corrected chi connectivity index (χ3v) is 5.26. The smallest absolute Gasteiger partial charge is 0.315 e. The number of alkyl halides is 3. The summed E-state index contributed by atoms with van der Waals surface area (Å²) in [7, 11) is -3.70. The van der Waals surface area contributed by atoms with Crippen LogP contribution in [0.3, 0.4) is 0 Å². The van der Waals surface area contributed by atoms with Crippen LogP contribution in [0.25, 0.3) is 0 Å². The van der Waals surface area contributed by atoms with E-state index in [4.69, 9.17) is 0 Å². The Hall–Kier alpha value is -0.480. The molecule has 126 valence electrons. The molecule has 1 aliphatic heterocycles. The third kappa shape index (κ3) is 5.96. The Morgan fingerprint density at radius 1 is 1.23 bits per heavy atom. The molecular weight excluding hydrogens is 361 g/mol. The molecule has 1 aromatic rings. The lowest BCUT2D eigenvalue weighted by atomic mass is 10.1. The van der Waals surface area contributed by atoms with Crippen molar-refractivity contribution in [3.8, 4) is 0 Å². The van der Waals surface area contributed by atoms with Gasteiger partial charge in [-0.2, -0.15) is 13.2 Å². The van der Waals surface area contributed by atoms with Gasteiger partial charge in [-0.15, -0.1) is 12.4 Å². The van der Waals surface area contributed by atoms with Crippen LogP contribution >= 0.6 is 24.2 Å². The summed E-state index contributed by atoms with van der Waals surface area (Å²) in [5, 5.41) is 3.09. The maximum absolute atomic E-state index is 12.2. The van der Waals surface area contributed by atoms with Gasteiger partial charge in [0.2, 0.25) is 10.0 Å². The van der Waals surface area contributed by atoms with Crippen molar-refractivity contribution in [3.05, 3.63) is 24.3 Å². The number of thioether (sulfide) groups is 1. The second kappa shape index (κ2) is 7.87. The molecular formula is C12H16ClF3N2O2S2. The van der Waals surface area contributed by atoms with Gasteiger partial charge in [0.25, 0.3) is 0 Å². The van der Waals surface area contributed by atoms with E-state index in [-0.39, 0.29) is 40.0 Å². The fraction of sp³-hybridized carbons (Fsp3) is 0.500. The molecule has 0 spiro atoms. The zero-order chi connectivity index (χ0) is 15.5. The molecule has 0 radical (unpaired) electrons. The first-order valence-corrected chi connectivity index (χ1v) is 8.65. The minimum atomic E-state index is -4.38. The Bertz CT molecular complexity index is 573. The van der Waals surface area contributed by atoms with Gasteiger partial charge >= 0.3 is 5.51 Å². The molecule has 1 heterocycles. The zero-order valence-corrected chi connectivity index (χ0v) is 13.8. The normalized spacial score (nSPS) is 19.5. The summed E-state index contributed by atoms with van der Waals surface area (Å²) in [6, 6.07) is 4.50. The quantitative estimate of drug-likeness (QED) is 0.793. The summed E-state index contributed by atoms with van der Waals surface area (Å²) in [5.41, 5.74) is -4.38. The first-order chi connectivity index (χ1) is 9.76. The molecule has 1 aliphatic rings. The Labute approximate surface area is 137 Å². The summed E-state index contributed by atoms with van der Waals surface area (Å²) in [4.78, 5) is -0.0691. The SMILES string of the molecule is Cl.O=S(=O)(NC1CCCNC1)c1ccc(SC(F)(F)F)cc1. The summed E-state index contributed by atoms with van der Waals surface area (Å²) in [6.07, 6.45) is 1.63. The number of halogens is 4. The van der Waals surface area contributed by atoms with Crippen molar-refractivity contribution in [1.82, 2.24) is 10.0 Å². The molecule has 1 fully saturated rings. The van der Waals surface area contributed by atoms with Crippen LogP contribution in [-0.2, 0) is 10.0 Å². The predicted octanol–water partition coefficient (Wildman–Crippen LogP) is 2.75. The first-order valence-electron chi connectivity index (χ1n) is 6.35. The van der Waals surface area contributed by atoms with E-state index < -0.39 is 15.5 Å². The van der Waals surface area contributed by atoms with E-state index in [0.717, 1.165) is 31.5 Å². The van der Waals surface area contributed by atoms with Gasteiger partial charge in [-0.05, 0) is 55.4 Å². The van der Waals surface area contributed by atoms with E-state index in [1.807, 2.05) is 0 Å². The summed E-state index contributed by atoms with van der Waals surface area (Å²) < 4.78 is 63.4. The predicted molar refractivity (Wildman–Crippen MR) is 81.8 cm³/mol. The van der Waals surface area contributed by atoms with Crippen LogP contribution in [0.5, 0.6) is 0 Å². The van der Waals surface area contributed by atoms with Crippen molar-refractivity contribution < 1.29 is 21.6 Å². The third-order valence-electron chi connectivity index (χ3n) is 2.99. The fourth-order valence-corrected chi connectivity index (χ4v) is 3.87. The largest absolute Gasteiger partial charge is 0.446 e. The van der Waals surface area contributed by atoms with Gasteiger partial charge in [-0.3, -0.25) is 0 Å². The van der Waals surface area contributed by atoms with Crippen LogP contribution in [0, 0.1) is 0 Å². The van der Waals surface area contributed by atoms with Crippen LogP contribution in [0.15, 0.2) is 34.1 Å². The van der Waals surface area contributed by atoms with Crippen molar-refractivity contribution in [2.24, 2.45) is 0 Å². The summed E-state index contributed by atoms with van der Waals surface area (Å²) in [6.45, 7) is 1.42. The van der Waals surface area contributed by atoms with Crippen molar-refractivity contribution in [2.75, 3.05) is 13.1 Å². The Morgan fingerprint density at radius 2 is 1.86 bits per heavy atom. The van der Waals surface area contributed by atoms with E-state index in [0.29, 0.717) is 6.54 Å². The van der Waals surface area contributed by atoms with Gasteiger partial charge in [-0.25, -0.2) is 13.1 Å². The molecule has 2 N–H and O–H groups in total. The van der Waals surface area contributed by atoms with Gasteiger partial charge < -0.3 is 5.32 Å². The monoisotopic (exact) mass is 376 g/mol. The standard InChI is InChI=1S/C12H15F3N2O2S2.ClH/c13-12(14,15)20-10-3-5-11(6-4-10)21(18,19)17-9-2-1-7-16-8-9;/h3-6,9,16-17H,1-2,7-8H2;1H. The fourth-order valence-electron chi connectivity index (χ4n) is 2.06. The molecule has 0 aliphatic carbocycles. The van der Waals surface area contributed by atoms with Gasteiger partial charge in [0, 0.05) is 17.5 Å². The number of hydrogen-bond acceptors (Lipinski definition) is 4. The molecule has 2 rings (SSSR count). The lowest BCUT2D eigenvalue weighted by Gasteiger charge is -2.23. The van der Waals surface area contributed by atoms with E-state index in [1.165, 1.54) is 12.1 Å². The maximum Gasteiger partial charge on any atom is 0.446 e. The molecule has 1 atom stereocenters. The number of piperidine rings is 1. The number of benzene rings is 1. The molecule has 10 heteroatoms. The van der Waals surface area contributed by atoms with Crippen molar-refractivity contribution >= 4 is 34.2 Å². The van der Waals surface area contributed by atoms with Crippen molar-refractivity contribution in [1.29, 1.82) is 0 Å². The maximum atomic E-state index is 12.2. The highest BCUT2D eigenvalue weighted by molar-refractivity contribution is 8.00. The highest BCUT2D eigenvalue weighted by Crippen LogP contribution is 2.36. The summed E-state index contributed by atoms with van der Waals surface area (Å²) >= 11 is -0.269. The Kier molecular flexibility index (Phi) is 7.00. The van der Waals surface area contributed by atoms with Crippen molar-refractivity contribution in [2.45, 2.75) is 34.2 Å². The Balaban J connectivity index is 0.00000242. The second-order valence-corrected chi connectivity index (χ2v) is 7.54. The van der Waals surface area contributed by atoms with E-state index in [2.05, 4.69) is 10.0 Å². The number of nitrogens with one attached hydrogen (secondary N) is 2. The highest BCUT2D eigenvalue weighted by atomic mass is 35.5. The van der Waals surface area contributed by atoms with Gasteiger partial charge in [-0.1, -0.05) is 0 Å². The van der Waals surface area contributed by atoms with Gasteiger partial charge in [0.1, 0.15) is 0 Å². The Morgan fingerprint density at radius 3 is 2.36 bits per heavy atom. The minimum Gasteiger partial charge on any atom is -0.315 e. The zero-order valence-electron chi connectivity index (χ0n) is 11.4. The molecule has 0 bridgehead atoms. The minimum absolute atomic E-state index is 0. The number of rotatable bonds is 4. The van der Waals surface area contributed by atoms with E-state index in [9.17, 15) is 21.6 Å². The molecule has 1 aromatic carbocycles. The van der Waals surface area contributed by atoms with Gasteiger partial charge in [0.15, 0.2) is 0 Å². The van der Waals surface area contributed by atoms with Crippen LogP contribution < -0.4 is 10.0 Å². The molecule has 0 aromatic heterocycles. The first kappa shape index (κ1) is 19.6. The highest BCUT2D eigenvalue weighted by Gasteiger charge is 2.29. The van der Waals surface area contributed by atoms with E-state index in [1.54, 1.807) is 0 Å². The molecule has 4 nitrogen and oxygen atoms in total. The molecule has 22 heavy (non-hydrogen) atoms. The van der Waals surface area contributed by atoms with E-state index >= 15 is 0 Å². The molecule has 1 unspecified atom stereocenters. The second-order valence-electron chi connectivity index (χ2n) is 4.68. The average molecular weight is 377 g/mol. The lowest BCUT2D eigenvalue weighted by Crippen LogP contribution is -2.45. The molecule has 0 saturated carbocycles. The lowest BCUT2D eigenvalue weighted by molar-refractivity contribution is -0.0328. The average Bonchev–Trinajstić information content (AvgIpc) is 2.38.